The van der Waals surface area contributed by atoms with E-state index in [1.807, 2.05) is 30.3 Å². The van der Waals surface area contributed by atoms with Crippen molar-refractivity contribution < 1.29 is 22.4 Å². The second-order valence-electron chi connectivity index (χ2n) is 8.84. The van der Waals surface area contributed by atoms with Crippen LogP contribution in [0.5, 0.6) is 0 Å². The molecule has 0 aromatic heterocycles. The Hall–Kier alpha value is -3.18. The number of benzene rings is 3. The van der Waals surface area contributed by atoms with Crippen LogP contribution in [0.1, 0.15) is 11.1 Å². The quantitative estimate of drug-likeness (QED) is 0.361. The molecular formula is C27H29Cl2FN4O4S. The monoisotopic (exact) mass is 594 g/mol. The van der Waals surface area contributed by atoms with E-state index in [4.69, 9.17) is 23.2 Å². The molecule has 0 spiro atoms. The van der Waals surface area contributed by atoms with Gasteiger partial charge in [-0.25, -0.2) is 8.70 Å². The van der Waals surface area contributed by atoms with Gasteiger partial charge in [-0.2, -0.15) is 12.7 Å². The second-order valence-corrected chi connectivity index (χ2v) is 11.7. The normalized spacial score (nSPS) is 12.2. The van der Waals surface area contributed by atoms with Crippen molar-refractivity contribution in [1.82, 2.24) is 14.5 Å². The third kappa shape index (κ3) is 7.48. The average Bonchev–Trinajstić information content (AvgIpc) is 2.91. The second kappa shape index (κ2) is 13.3. The van der Waals surface area contributed by atoms with Crippen LogP contribution in [0, 0.1) is 5.82 Å². The third-order valence-electron chi connectivity index (χ3n) is 5.99. The van der Waals surface area contributed by atoms with Gasteiger partial charge in [0.25, 0.3) is 0 Å². The van der Waals surface area contributed by atoms with Gasteiger partial charge in [-0.05, 0) is 35.4 Å². The van der Waals surface area contributed by atoms with E-state index in [-0.39, 0.29) is 23.7 Å². The fourth-order valence-electron chi connectivity index (χ4n) is 3.91. The van der Waals surface area contributed by atoms with Crippen LogP contribution in [0.3, 0.4) is 0 Å². The first kappa shape index (κ1) is 30.4. The molecule has 3 aromatic rings. The highest BCUT2D eigenvalue weighted by atomic mass is 35.5. The summed E-state index contributed by atoms with van der Waals surface area (Å²) < 4.78 is 42.8. The van der Waals surface area contributed by atoms with E-state index in [1.54, 1.807) is 18.2 Å². The molecule has 0 aliphatic rings. The molecule has 2 amide bonds. The smallest absolute Gasteiger partial charge is 0.304 e. The number of hydrogen-bond acceptors (Lipinski definition) is 4. The van der Waals surface area contributed by atoms with Crippen molar-refractivity contribution >= 4 is 50.9 Å². The highest BCUT2D eigenvalue weighted by Gasteiger charge is 2.35. The first-order chi connectivity index (χ1) is 18.4. The standard InChI is InChI=1S/C27H29Cl2FN4O4S/c1-31-27(36)25(16-19-9-5-4-6-10-19)33(17-20-13-14-21(28)22(29)15-20)26(35)18-34(39(37,38)32(2)3)24-12-8-7-11-23(24)30/h4-15,25H,16-18H2,1-3H3,(H,31,36)/t25-/m1/s1. The number of amides is 2. The topological polar surface area (TPSA) is 90.0 Å². The van der Waals surface area contributed by atoms with Crippen molar-refractivity contribution in [3.05, 3.63) is 99.8 Å². The maximum Gasteiger partial charge on any atom is 0.304 e. The van der Waals surface area contributed by atoms with Gasteiger partial charge in [0, 0.05) is 34.1 Å². The molecule has 0 unspecified atom stereocenters. The molecule has 0 saturated heterocycles. The van der Waals surface area contributed by atoms with Crippen molar-refractivity contribution in [1.29, 1.82) is 0 Å². The molecule has 12 heteroatoms. The molecule has 0 saturated carbocycles. The maximum absolute atomic E-state index is 14.8. The van der Waals surface area contributed by atoms with Crippen LogP contribution in [0.2, 0.25) is 10.0 Å². The van der Waals surface area contributed by atoms with E-state index in [1.165, 1.54) is 44.2 Å². The summed E-state index contributed by atoms with van der Waals surface area (Å²) in [5.74, 6) is -2.00. The lowest BCUT2D eigenvalue weighted by atomic mass is 10.0. The lowest BCUT2D eigenvalue weighted by Crippen LogP contribution is -2.54. The minimum atomic E-state index is -4.30. The van der Waals surface area contributed by atoms with E-state index in [2.05, 4.69) is 5.32 Å². The van der Waals surface area contributed by atoms with Crippen LogP contribution in [0.4, 0.5) is 10.1 Å². The van der Waals surface area contributed by atoms with Gasteiger partial charge in [-0.1, -0.05) is 71.7 Å². The molecular weight excluding hydrogens is 566 g/mol. The Labute approximate surface area is 238 Å². The van der Waals surface area contributed by atoms with Crippen molar-refractivity contribution in [2.75, 3.05) is 32.0 Å². The summed E-state index contributed by atoms with van der Waals surface area (Å²) >= 11 is 12.3. The molecule has 0 radical (unpaired) electrons. The average molecular weight is 596 g/mol. The summed E-state index contributed by atoms with van der Waals surface area (Å²) in [6.07, 6.45) is 0.147. The SMILES string of the molecule is CNC(=O)[C@@H](Cc1ccccc1)N(Cc1ccc(Cl)c(Cl)c1)C(=O)CN(c1ccccc1F)S(=O)(=O)N(C)C. The molecule has 3 aromatic carbocycles. The third-order valence-corrected chi connectivity index (χ3v) is 8.54. The Morgan fingerprint density at radius 3 is 2.15 bits per heavy atom. The van der Waals surface area contributed by atoms with Crippen LogP contribution < -0.4 is 9.62 Å². The number of likely N-dealkylation sites (N-methyl/N-ethyl adjacent to an activating group) is 1. The van der Waals surface area contributed by atoms with Gasteiger partial charge in [0.2, 0.25) is 11.8 Å². The number of hydrogen-bond donors (Lipinski definition) is 1. The summed E-state index contributed by atoms with van der Waals surface area (Å²) in [5.41, 5.74) is 1.05. The Morgan fingerprint density at radius 2 is 1.56 bits per heavy atom. The Kier molecular flexibility index (Phi) is 10.3. The van der Waals surface area contributed by atoms with Crippen molar-refractivity contribution in [3.63, 3.8) is 0 Å². The molecule has 1 N–H and O–H groups in total. The number of rotatable bonds is 11. The van der Waals surface area contributed by atoms with Crippen LogP contribution in [-0.4, -0.2) is 63.2 Å². The molecule has 1 atom stereocenters. The van der Waals surface area contributed by atoms with Gasteiger partial charge in [0.05, 0.1) is 15.7 Å². The number of nitrogens with one attached hydrogen (secondary N) is 1. The number of halogens is 3. The van der Waals surface area contributed by atoms with E-state index < -0.39 is 40.4 Å². The number of anilines is 1. The zero-order valence-electron chi connectivity index (χ0n) is 21.6. The summed E-state index contributed by atoms with van der Waals surface area (Å²) in [4.78, 5) is 28.4. The Balaban J connectivity index is 2.09. The van der Waals surface area contributed by atoms with Gasteiger partial charge < -0.3 is 10.2 Å². The Morgan fingerprint density at radius 1 is 0.923 bits per heavy atom. The van der Waals surface area contributed by atoms with Crippen molar-refractivity contribution in [3.8, 4) is 0 Å². The maximum atomic E-state index is 14.8. The molecule has 8 nitrogen and oxygen atoms in total. The summed E-state index contributed by atoms with van der Waals surface area (Å²) in [7, 11) is -0.287. The fourth-order valence-corrected chi connectivity index (χ4v) is 5.30. The fraction of sp³-hybridized carbons (Fsp3) is 0.259. The molecule has 0 fully saturated rings. The molecule has 208 valence electrons. The van der Waals surface area contributed by atoms with Crippen LogP contribution >= 0.6 is 23.2 Å². The summed E-state index contributed by atoms with van der Waals surface area (Å²) in [5, 5.41) is 3.16. The minimum absolute atomic E-state index is 0.0895. The largest absolute Gasteiger partial charge is 0.357 e. The molecule has 0 heterocycles. The molecule has 3 rings (SSSR count). The lowest BCUT2D eigenvalue weighted by molar-refractivity contribution is -0.139. The van der Waals surface area contributed by atoms with E-state index in [0.717, 1.165) is 15.9 Å². The van der Waals surface area contributed by atoms with Crippen LogP contribution in [0.25, 0.3) is 0 Å². The zero-order chi connectivity index (χ0) is 28.7. The van der Waals surface area contributed by atoms with E-state index in [9.17, 15) is 22.4 Å². The van der Waals surface area contributed by atoms with Crippen LogP contribution in [-0.2, 0) is 32.8 Å². The summed E-state index contributed by atoms with van der Waals surface area (Å²) in [6.45, 7) is -0.848. The molecule has 39 heavy (non-hydrogen) atoms. The lowest BCUT2D eigenvalue weighted by Gasteiger charge is -2.34. The predicted octanol–water partition coefficient (Wildman–Crippen LogP) is 4.13. The molecule has 0 aliphatic heterocycles. The predicted molar refractivity (Wildman–Crippen MR) is 151 cm³/mol. The summed E-state index contributed by atoms with van der Waals surface area (Å²) in [6, 6.07) is 18.1. The van der Waals surface area contributed by atoms with Crippen molar-refractivity contribution in [2.45, 2.75) is 19.0 Å². The van der Waals surface area contributed by atoms with E-state index >= 15 is 0 Å². The number of para-hydroxylation sites is 1. The number of carbonyl (C=O) groups is 2. The van der Waals surface area contributed by atoms with E-state index in [0.29, 0.717) is 14.9 Å². The number of nitrogens with zero attached hydrogens (tertiary/aromatic N) is 3. The highest BCUT2D eigenvalue weighted by Crippen LogP contribution is 2.26. The van der Waals surface area contributed by atoms with Crippen LogP contribution in [0.15, 0.2) is 72.8 Å². The van der Waals surface area contributed by atoms with Gasteiger partial charge in [-0.15, -0.1) is 0 Å². The minimum Gasteiger partial charge on any atom is -0.357 e. The Bertz CT molecular complexity index is 1420. The number of carbonyl (C=O) groups excluding carboxylic acids is 2. The van der Waals surface area contributed by atoms with Gasteiger partial charge in [0.1, 0.15) is 18.4 Å². The zero-order valence-corrected chi connectivity index (χ0v) is 24.0. The van der Waals surface area contributed by atoms with Gasteiger partial charge >= 0.3 is 10.2 Å². The highest BCUT2D eigenvalue weighted by molar-refractivity contribution is 7.90. The van der Waals surface area contributed by atoms with Crippen molar-refractivity contribution in [2.24, 2.45) is 0 Å². The first-order valence-electron chi connectivity index (χ1n) is 11.9. The molecule has 0 aliphatic carbocycles. The first-order valence-corrected chi connectivity index (χ1v) is 14.0. The molecule has 0 bridgehead atoms. The van der Waals surface area contributed by atoms with Gasteiger partial charge in [-0.3, -0.25) is 9.59 Å². The van der Waals surface area contributed by atoms with Gasteiger partial charge in [0.15, 0.2) is 0 Å².